The summed E-state index contributed by atoms with van der Waals surface area (Å²) in [4.78, 5) is 25.0. The highest BCUT2D eigenvalue weighted by Gasteiger charge is 2.23. The van der Waals surface area contributed by atoms with Gasteiger partial charge in [-0.15, -0.1) is 0 Å². The third kappa shape index (κ3) is 3.92. The molecular weight excluding hydrogens is 282 g/mol. The van der Waals surface area contributed by atoms with Crippen molar-refractivity contribution < 1.29 is 9.53 Å². The molecule has 0 aliphatic carbocycles. The highest BCUT2D eigenvalue weighted by atomic mass is 16.5. The van der Waals surface area contributed by atoms with Gasteiger partial charge in [-0.25, -0.2) is 9.97 Å². The summed E-state index contributed by atoms with van der Waals surface area (Å²) in [7, 11) is 0. The standard InChI is InChI=1S/C15H23N5O2/c21-14(13-2-11-22-12-13)16-5-6-19-7-9-20(10-8-19)15-17-3-1-4-18-15/h1,3-4,13H,2,5-12H2,(H,16,21)/t13-/m0/s1. The number of anilines is 1. The first-order valence-corrected chi connectivity index (χ1v) is 7.93. The first-order valence-electron chi connectivity index (χ1n) is 7.93. The van der Waals surface area contributed by atoms with Crippen molar-refractivity contribution in [3.05, 3.63) is 18.5 Å². The summed E-state index contributed by atoms with van der Waals surface area (Å²) in [6.07, 6.45) is 4.40. The van der Waals surface area contributed by atoms with Crippen molar-refractivity contribution in [2.24, 2.45) is 5.92 Å². The van der Waals surface area contributed by atoms with Crippen molar-refractivity contribution in [3.63, 3.8) is 0 Å². The molecule has 2 aliphatic rings. The number of nitrogens with one attached hydrogen (secondary N) is 1. The Bertz CT molecular complexity index is 470. The molecule has 0 spiro atoms. The maximum atomic E-state index is 11.9. The molecule has 7 nitrogen and oxygen atoms in total. The number of amides is 1. The molecule has 1 atom stereocenters. The lowest BCUT2D eigenvalue weighted by atomic mass is 10.1. The Kier molecular flexibility index (Phi) is 5.18. The quantitative estimate of drug-likeness (QED) is 0.809. The lowest BCUT2D eigenvalue weighted by Gasteiger charge is -2.34. The van der Waals surface area contributed by atoms with Gasteiger partial charge >= 0.3 is 0 Å². The average Bonchev–Trinajstić information content (AvgIpc) is 3.11. The third-order valence-corrected chi connectivity index (χ3v) is 4.24. The highest BCUT2D eigenvalue weighted by molar-refractivity contribution is 5.78. The largest absolute Gasteiger partial charge is 0.381 e. The molecule has 0 radical (unpaired) electrons. The number of carbonyl (C=O) groups is 1. The fourth-order valence-corrected chi connectivity index (χ4v) is 2.85. The maximum absolute atomic E-state index is 11.9. The second-order valence-corrected chi connectivity index (χ2v) is 5.73. The number of aromatic nitrogens is 2. The molecule has 0 unspecified atom stereocenters. The number of carbonyl (C=O) groups excluding carboxylic acids is 1. The SMILES string of the molecule is O=C(NCCN1CCN(c2ncccn2)CC1)[C@H]1CCOC1. The van der Waals surface area contributed by atoms with Gasteiger partial charge in [0.05, 0.1) is 12.5 Å². The van der Waals surface area contributed by atoms with Crippen LogP contribution in [0.4, 0.5) is 5.95 Å². The van der Waals surface area contributed by atoms with E-state index in [1.807, 2.05) is 6.07 Å². The maximum Gasteiger partial charge on any atom is 0.225 e. The predicted octanol–water partition coefficient (Wildman–Crippen LogP) is -0.249. The molecule has 1 aromatic rings. The molecule has 0 aromatic carbocycles. The van der Waals surface area contributed by atoms with E-state index in [4.69, 9.17) is 4.74 Å². The smallest absolute Gasteiger partial charge is 0.225 e. The van der Waals surface area contributed by atoms with Crippen molar-refractivity contribution in [2.75, 3.05) is 57.4 Å². The average molecular weight is 305 g/mol. The molecule has 2 saturated heterocycles. The van der Waals surface area contributed by atoms with Crippen LogP contribution in [0.5, 0.6) is 0 Å². The Morgan fingerprint density at radius 1 is 1.27 bits per heavy atom. The highest BCUT2D eigenvalue weighted by Crippen LogP contribution is 2.12. The first kappa shape index (κ1) is 15.2. The minimum absolute atomic E-state index is 0.0482. The van der Waals surface area contributed by atoms with Gasteiger partial charge in [0.1, 0.15) is 0 Å². The van der Waals surface area contributed by atoms with E-state index in [9.17, 15) is 4.79 Å². The van der Waals surface area contributed by atoms with Gasteiger partial charge in [0.2, 0.25) is 11.9 Å². The minimum atomic E-state index is 0.0482. The van der Waals surface area contributed by atoms with Gasteiger partial charge in [0.25, 0.3) is 0 Å². The zero-order chi connectivity index (χ0) is 15.2. The van der Waals surface area contributed by atoms with Crippen molar-refractivity contribution >= 4 is 11.9 Å². The molecule has 120 valence electrons. The summed E-state index contributed by atoms with van der Waals surface area (Å²) >= 11 is 0. The van der Waals surface area contributed by atoms with Crippen LogP contribution < -0.4 is 10.2 Å². The van der Waals surface area contributed by atoms with Gasteiger partial charge in [0, 0.05) is 58.3 Å². The number of rotatable bonds is 5. The molecule has 1 aromatic heterocycles. The Morgan fingerprint density at radius 3 is 2.73 bits per heavy atom. The van der Waals surface area contributed by atoms with E-state index in [-0.39, 0.29) is 11.8 Å². The van der Waals surface area contributed by atoms with Crippen LogP contribution in [0, 0.1) is 5.92 Å². The third-order valence-electron chi connectivity index (χ3n) is 4.24. The minimum Gasteiger partial charge on any atom is -0.381 e. The summed E-state index contributed by atoms with van der Waals surface area (Å²) in [6, 6.07) is 1.83. The van der Waals surface area contributed by atoms with Crippen LogP contribution in [-0.2, 0) is 9.53 Å². The summed E-state index contributed by atoms with van der Waals surface area (Å²) in [5.74, 6) is 0.984. The number of nitrogens with zero attached hydrogens (tertiary/aromatic N) is 4. The normalized spacial score (nSPS) is 22.7. The van der Waals surface area contributed by atoms with E-state index >= 15 is 0 Å². The number of hydrogen-bond donors (Lipinski definition) is 1. The molecule has 0 bridgehead atoms. The van der Waals surface area contributed by atoms with Crippen LogP contribution >= 0.6 is 0 Å². The Balaban J connectivity index is 1.35. The fraction of sp³-hybridized carbons (Fsp3) is 0.667. The number of hydrogen-bond acceptors (Lipinski definition) is 6. The topological polar surface area (TPSA) is 70.6 Å². The van der Waals surface area contributed by atoms with Crippen molar-refractivity contribution in [3.8, 4) is 0 Å². The van der Waals surface area contributed by atoms with Gasteiger partial charge in [-0.1, -0.05) is 0 Å². The van der Waals surface area contributed by atoms with E-state index in [1.165, 1.54) is 0 Å². The molecule has 1 N–H and O–H groups in total. The van der Waals surface area contributed by atoms with Gasteiger partial charge < -0.3 is 15.0 Å². The molecule has 3 heterocycles. The molecule has 0 saturated carbocycles. The number of ether oxygens (including phenoxy) is 1. The summed E-state index contributed by atoms with van der Waals surface area (Å²) in [5.41, 5.74) is 0. The van der Waals surface area contributed by atoms with Crippen LogP contribution in [0.2, 0.25) is 0 Å². The Labute approximate surface area is 130 Å². The van der Waals surface area contributed by atoms with Crippen molar-refractivity contribution in [2.45, 2.75) is 6.42 Å². The van der Waals surface area contributed by atoms with E-state index in [0.717, 1.165) is 45.1 Å². The van der Waals surface area contributed by atoms with Crippen LogP contribution in [-0.4, -0.2) is 73.3 Å². The monoisotopic (exact) mass is 305 g/mol. The summed E-state index contributed by atoms with van der Waals surface area (Å²) in [5, 5.41) is 3.02. The van der Waals surface area contributed by atoms with Gasteiger partial charge in [-0.05, 0) is 12.5 Å². The van der Waals surface area contributed by atoms with Crippen LogP contribution in [0.25, 0.3) is 0 Å². The van der Waals surface area contributed by atoms with E-state index in [2.05, 4.69) is 25.1 Å². The lowest BCUT2D eigenvalue weighted by Crippen LogP contribution is -2.49. The Hall–Kier alpha value is -1.73. The van der Waals surface area contributed by atoms with E-state index in [0.29, 0.717) is 19.8 Å². The van der Waals surface area contributed by atoms with Crippen molar-refractivity contribution in [1.82, 2.24) is 20.2 Å². The Morgan fingerprint density at radius 2 is 2.05 bits per heavy atom. The second-order valence-electron chi connectivity index (χ2n) is 5.73. The first-order chi connectivity index (χ1) is 10.8. The predicted molar refractivity (Wildman–Crippen MR) is 82.6 cm³/mol. The number of piperazine rings is 1. The lowest BCUT2D eigenvalue weighted by molar-refractivity contribution is -0.125. The second kappa shape index (κ2) is 7.51. The van der Waals surface area contributed by atoms with Crippen LogP contribution in [0.1, 0.15) is 6.42 Å². The molecular formula is C15H23N5O2. The molecule has 2 aliphatic heterocycles. The van der Waals surface area contributed by atoms with Crippen molar-refractivity contribution in [1.29, 1.82) is 0 Å². The molecule has 1 amide bonds. The fourth-order valence-electron chi connectivity index (χ4n) is 2.85. The van der Waals surface area contributed by atoms with Crippen LogP contribution in [0.3, 0.4) is 0 Å². The van der Waals surface area contributed by atoms with E-state index < -0.39 is 0 Å². The zero-order valence-electron chi connectivity index (χ0n) is 12.8. The van der Waals surface area contributed by atoms with Gasteiger partial charge in [-0.3, -0.25) is 9.69 Å². The molecule has 3 rings (SSSR count). The summed E-state index contributed by atoms with van der Waals surface area (Å²) in [6.45, 7) is 6.67. The molecule has 7 heteroatoms. The van der Waals surface area contributed by atoms with E-state index in [1.54, 1.807) is 12.4 Å². The zero-order valence-corrected chi connectivity index (χ0v) is 12.8. The molecule has 22 heavy (non-hydrogen) atoms. The van der Waals surface area contributed by atoms with Gasteiger partial charge in [-0.2, -0.15) is 0 Å². The molecule has 2 fully saturated rings. The van der Waals surface area contributed by atoms with Gasteiger partial charge in [0.15, 0.2) is 0 Å². The summed E-state index contributed by atoms with van der Waals surface area (Å²) < 4.78 is 5.24. The van der Waals surface area contributed by atoms with Crippen LogP contribution in [0.15, 0.2) is 18.5 Å².